The minimum atomic E-state index is 0.285. The fourth-order valence-electron chi connectivity index (χ4n) is 7.21. The minimum absolute atomic E-state index is 0.285. The third kappa shape index (κ3) is 4.78. The molecule has 0 amide bonds. The van der Waals surface area contributed by atoms with Gasteiger partial charge in [0.15, 0.2) is 0 Å². The van der Waals surface area contributed by atoms with Gasteiger partial charge in [-0.2, -0.15) is 0 Å². The van der Waals surface area contributed by atoms with Gasteiger partial charge < -0.3 is 0 Å². The molecule has 4 aliphatic rings. The first-order chi connectivity index (χ1) is 17.1. The highest BCUT2D eigenvalue weighted by Gasteiger charge is 2.57. The van der Waals surface area contributed by atoms with E-state index in [1.807, 2.05) is 0 Å². The van der Waals surface area contributed by atoms with Crippen molar-refractivity contribution in [3.63, 3.8) is 0 Å². The van der Waals surface area contributed by atoms with Crippen LogP contribution in [0.25, 0.3) is 5.57 Å². The van der Waals surface area contributed by atoms with E-state index in [1.165, 1.54) is 95.9 Å². The predicted molar refractivity (Wildman–Crippen MR) is 159 cm³/mol. The van der Waals surface area contributed by atoms with E-state index in [4.69, 9.17) is 0 Å². The van der Waals surface area contributed by atoms with Gasteiger partial charge in [-0.05, 0) is 116 Å². The van der Waals surface area contributed by atoms with E-state index in [1.54, 1.807) is 11.1 Å². The zero-order chi connectivity index (χ0) is 26.2. The number of rotatable bonds is 12. The third-order valence-electron chi connectivity index (χ3n) is 9.75. The molecule has 4 bridgehead atoms. The Kier molecular flexibility index (Phi) is 8.04. The quantitative estimate of drug-likeness (QED) is 0.260. The standard InChI is InChI=1S/C36H50/c1-10-12-13-29(11-2)21-36-22-33(32-19-26(7)34(36)20-35(32)36)25(6)18-24(5)31-17-16-30(15-14-23(3)4)27(8)28(31)9/h16-19,22-23,29,34H,6,10-15,20-21H2,1-5,7-9H3/b24-18+. The Bertz CT molecular complexity index is 1140. The molecule has 0 N–H and O–H groups in total. The highest BCUT2D eigenvalue weighted by molar-refractivity contribution is 5.76. The highest BCUT2D eigenvalue weighted by Crippen LogP contribution is 2.68. The predicted octanol–water partition coefficient (Wildman–Crippen LogP) is 10.7. The van der Waals surface area contributed by atoms with Gasteiger partial charge in [0.2, 0.25) is 0 Å². The monoisotopic (exact) mass is 482 g/mol. The van der Waals surface area contributed by atoms with E-state index in [2.05, 4.69) is 92.3 Å². The molecule has 0 heterocycles. The summed E-state index contributed by atoms with van der Waals surface area (Å²) in [7, 11) is 0. The molecule has 0 aromatic heterocycles. The van der Waals surface area contributed by atoms with Crippen LogP contribution in [0.4, 0.5) is 0 Å². The fourth-order valence-corrected chi connectivity index (χ4v) is 7.21. The number of hydrogen-bond acceptors (Lipinski definition) is 0. The zero-order valence-corrected chi connectivity index (χ0v) is 24.5. The summed E-state index contributed by atoms with van der Waals surface area (Å²) in [5, 5.41) is 0. The van der Waals surface area contributed by atoms with Crippen molar-refractivity contribution in [2.75, 3.05) is 0 Å². The SMILES string of the molecule is C=C(/C=C(\C)c1ccc(CCC(C)C)c(C)c1C)C1=CC2(CC(CC)CCCC)C3=C1C=C(C)C2C3. The zero-order valence-electron chi connectivity index (χ0n) is 24.5. The van der Waals surface area contributed by atoms with Crippen LogP contribution >= 0.6 is 0 Å². The van der Waals surface area contributed by atoms with Gasteiger partial charge >= 0.3 is 0 Å². The molecule has 36 heavy (non-hydrogen) atoms. The molecular weight excluding hydrogens is 432 g/mol. The van der Waals surface area contributed by atoms with E-state index in [0.717, 1.165) is 11.8 Å². The smallest absolute Gasteiger partial charge is 0.0180 e. The Hall–Kier alpha value is -2.08. The van der Waals surface area contributed by atoms with E-state index >= 15 is 0 Å². The molecule has 4 aliphatic carbocycles. The number of hydrogen-bond donors (Lipinski definition) is 0. The van der Waals surface area contributed by atoms with Gasteiger partial charge in [-0.25, -0.2) is 0 Å². The Morgan fingerprint density at radius 1 is 1.11 bits per heavy atom. The number of aryl methyl sites for hydroxylation is 1. The Balaban J connectivity index is 1.60. The summed E-state index contributed by atoms with van der Waals surface area (Å²) in [6.45, 7) is 23.2. The maximum atomic E-state index is 4.63. The molecule has 0 saturated heterocycles. The molecule has 0 spiro atoms. The summed E-state index contributed by atoms with van der Waals surface area (Å²) in [4.78, 5) is 0. The Labute approximate surface area is 222 Å². The maximum Gasteiger partial charge on any atom is 0.0180 e. The molecule has 3 unspecified atom stereocenters. The second-order valence-corrected chi connectivity index (χ2v) is 12.6. The summed E-state index contributed by atoms with van der Waals surface area (Å²) in [6.07, 6.45) is 17.9. The molecule has 194 valence electrons. The molecule has 1 aromatic carbocycles. The van der Waals surface area contributed by atoms with E-state index in [-0.39, 0.29) is 5.41 Å². The Morgan fingerprint density at radius 3 is 2.50 bits per heavy atom. The molecule has 1 saturated carbocycles. The lowest BCUT2D eigenvalue weighted by atomic mass is 9.50. The van der Waals surface area contributed by atoms with Crippen LogP contribution in [0, 0.1) is 37.0 Å². The largest absolute Gasteiger partial charge is 0.0911 e. The number of allylic oxidation sites excluding steroid dienone is 9. The summed E-state index contributed by atoms with van der Waals surface area (Å²) >= 11 is 0. The normalized spacial score (nSPS) is 23.6. The van der Waals surface area contributed by atoms with Crippen molar-refractivity contribution in [2.24, 2.45) is 23.2 Å². The lowest BCUT2D eigenvalue weighted by Crippen LogP contribution is -2.44. The number of benzene rings is 1. The first kappa shape index (κ1) is 27.0. The second kappa shape index (κ2) is 10.7. The van der Waals surface area contributed by atoms with Gasteiger partial charge in [0.05, 0.1) is 0 Å². The molecule has 0 heteroatoms. The summed E-state index contributed by atoms with van der Waals surface area (Å²) in [5.74, 6) is 2.29. The van der Waals surface area contributed by atoms with Gasteiger partial charge in [0.1, 0.15) is 0 Å². The lowest BCUT2D eigenvalue weighted by molar-refractivity contribution is 0.159. The third-order valence-corrected chi connectivity index (χ3v) is 9.75. The molecular formula is C36H50. The molecule has 3 atom stereocenters. The van der Waals surface area contributed by atoms with E-state index < -0.39 is 0 Å². The van der Waals surface area contributed by atoms with Crippen LogP contribution in [-0.2, 0) is 6.42 Å². The molecule has 0 nitrogen and oxygen atoms in total. The van der Waals surface area contributed by atoms with Gasteiger partial charge in [-0.15, -0.1) is 0 Å². The molecule has 5 rings (SSSR count). The van der Waals surface area contributed by atoms with Gasteiger partial charge in [-0.3, -0.25) is 0 Å². The minimum Gasteiger partial charge on any atom is -0.0911 e. The first-order valence-corrected chi connectivity index (χ1v) is 14.7. The van der Waals surface area contributed by atoms with Crippen LogP contribution in [-0.4, -0.2) is 0 Å². The van der Waals surface area contributed by atoms with E-state index in [0.29, 0.717) is 5.92 Å². The highest BCUT2D eigenvalue weighted by atomic mass is 14.6. The maximum absolute atomic E-state index is 4.63. The first-order valence-electron chi connectivity index (χ1n) is 14.7. The van der Waals surface area contributed by atoms with Crippen molar-refractivity contribution in [1.82, 2.24) is 0 Å². The second-order valence-electron chi connectivity index (χ2n) is 12.6. The van der Waals surface area contributed by atoms with Gasteiger partial charge in [0.25, 0.3) is 0 Å². The van der Waals surface area contributed by atoms with Crippen LogP contribution < -0.4 is 0 Å². The summed E-state index contributed by atoms with van der Waals surface area (Å²) in [5.41, 5.74) is 14.8. The van der Waals surface area contributed by atoms with Crippen LogP contribution in [0.15, 0.2) is 64.8 Å². The summed E-state index contributed by atoms with van der Waals surface area (Å²) in [6, 6.07) is 4.71. The van der Waals surface area contributed by atoms with Crippen molar-refractivity contribution in [1.29, 1.82) is 0 Å². The van der Waals surface area contributed by atoms with Crippen molar-refractivity contribution >= 4 is 5.57 Å². The van der Waals surface area contributed by atoms with Crippen molar-refractivity contribution in [2.45, 2.75) is 107 Å². The molecule has 1 aromatic rings. The van der Waals surface area contributed by atoms with Crippen LogP contribution in [0.2, 0.25) is 0 Å². The van der Waals surface area contributed by atoms with Crippen molar-refractivity contribution < 1.29 is 0 Å². The molecule has 1 fully saturated rings. The average Bonchev–Trinajstić information content (AvgIpc) is 2.99. The fraction of sp³-hybridized carbons (Fsp3) is 0.556. The van der Waals surface area contributed by atoms with Crippen molar-refractivity contribution in [3.8, 4) is 0 Å². The van der Waals surface area contributed by atoms with Gasteiger partial charge in [-0.1, -0.05) is 101 Å². The van der Waals surface area contributed by atoms with E-state index in [9.17, 15) is 0 Å². The topological polar surface area (TPSA) is 0 Å². The van der Waals surface area contributed by atoms with Gasteiger partial charge in [0, 0.05) is 5.41 Å². The number of unbranched alkanes of at least 4 members (excludes halogenated alkanes) is 1. The van der Waals surface area contributed by atoms with Crippen LogP contribution in [0.3, 0.4) is 0 Å². The lowest BCUT2D eigenvalue weighted by Gasteiger charge is -2.53. The average molecular weight is 483 g/mol. The van der Waals surface area contributed by atoms with Crippen molar-refractivity contribution in [3.05, 3.63) is 87.1 Å². The Morgan fingerprint density at radius 2 is 1.86 bits per heavy atom. The summed E-state index contributed by atoms with van der Waals surface area (Å²) < 4.78 is 0. The molecule has 0 aliphatic heterocycles. The molecule has 0 radical (unpaired) electrons. The van der Waals surface area contributed by atoms with Crippen LogP contribution in [0.1, 0.15) is 109 Å². The van der Waals surface area contributed by atoms with Crippen LogP contribution in [0.5, 0.6) is 0 Å².